The minimum atomic E-state index is -4.49. The molecule has 3 atom stereocenters. The molecule has 34 heavy (non-hydrogen) atoms. The van der Waals surface area contributed by atoms with Crippen LogP contribution in [0.5, 0.6) is 0 Å². The van der Waals surface area contributed by atoms with Gasteiger partial charge in [0, 0.05) is 24.0 Å². The van der Waals surface area contributed by atoms with E-state index in [-0.39, 0.29) is 29.3 Å². The highest BCUT2D eigenvalue weighted by Gasteiger charge is 2.42. The lowest BCUT2D eigenvalue weighted by Crippen LogP contribution is -2.45. The maximum atomic E-state index is 14.2. The molecule has 0 amide bonds. The van der Waals surface area contributed by atoms with Crippen molar-refractivity contribution in [1.29, 1.82) is 5.41 Å². The van der Waals surface area contributed by atoms with Gasteiger partial charge >= 0.3 is 6.18 Å². The van der Waals surface area contributed by atoms with Crippen molar-refractivity contribution in [3.63, 3.8) is 0 Å². The molecule has 1 aromatic carbocycles. The molecule has 11 heteroatoms. The summed E-state index contributed by atoms with van der Waals surface area (Å²) in [5.41, 5.74) is -0.734. The first-order chi connectivity index (χ1) is 15.8. The number of halogens is 4. The van der Waals surface area contributed by atoms with Crippen LogP contribution in [0.2, 0.25) is 0 Å². The number of rotatable bonds is 6. The molecule has 3 unspecified atom stereocenters. The Morgan fingerprint density at radius 1 is 1.18 bits per heavy atom. The maximum absolute atomic E-state index is 14.2. The molecular weight excluding hydrogens is 454 g/mol. The molecule has 1 aromatic heterocycles. The lowest BCUT2D eigenvalue weighted by Gasteiger charge is -2.30. The van der Waals surface area contributed by atoms with Crippen molar-refractivity contribution < 1.29 is 22.3 Å². The second kappa shape index (κ2) is 10.1. The summed E-state index contributed by atoms with van der Waals surface area (Å²) in [7, 11) is 0. The molecule has 0 spiro atoms. The van der Waals surface area contributed by atoms with Gasteiger partial charge < -0.3 is 20.4 Å². The number of pyridine rings is 1. The molecular formula is C23H29F4N5O2. The zero-order valence-corrected chi connectivity index (χ0v) is 19.1. The molecule has 1 fully saturated rings. The van der Waals surface area contributed by atoms with Crippen LogP contribution in [0.4, 0.5) is 28.9 Å². The molecule has 1 saturated heterocycles. The first-order valence-electron chi connectivity index (χ1n) is 10.9. The van der Waals surface area contributed by atoms with Gasteiger partial charge in [0.15, 0.2) is 0 Å². The summed E-state index contributed by atoms with van der Waals surface area (Å²) in [6.45, 7) is 5.27. The smallest absolute Gasteiger partial charge is 0.378 e. The molecule has 2 aromatic rings. The van der Waals surface area contributed by atoms with Crippen molar-refractivity contribution in [3.05, 3.63) is 58.0 Å². The lowest BCUT2D eigenvalue weighted by atomic mass is 10.0. The Morgan fingerprint density at radius 3 is 2.44 bits per heavy atom. The van der Waals surface area contributed by atoms with Crippen molar-refractivity contribution in [2.24, 2.45) is 0 Å². The highest BCUT2D eigenvalue weighted by molar-refractivity contribution is 6.09. The zero-order chi connectivity index (χ0) is 25.1. The van der Waals surface area contributed by atoms with Crippen molar-refractivity contribution in [2.45, 2.75) is 57.2 Å². The topological polar surface area (TPSA) is 102 Å². The van der Waals surface area contributed by atoms with E-state index in [1.807, 2.05) is 0 Å². The molecule has 1 aliphatic heterocycles. The number of ether oxygens (including phenoxy) is 1. The third-order valence-electron chi connectivity index (χ3n) is 5.26. The van der Waals surface area contributed by atoms with Crippen LogP contribution < -0.4 is 21.5 Å². The summed E-state index contributed by atoms with van der Waals surface area (Å²) in [4.78, 5) is 14.9. The third kappa shape index (κ3) is 6.57. The molecule has 2 heterocycles. The molecule has 0 saturated carbocycles. The van der Waals surface area contributed by atoms with Crippen LogP contribution in [0.25, 0.3) is 0 Å². The van der Waals surface area contributed by atoms with Gasteiger partial charge in [0.25, 0.3) is 5.56 Å². The van der Waals surface area contributed by atoms with Crippen LogP contribution in [0.15, 0.2) is 41.3 Å². The van der Waals surface area contributed by atoms with Crippen LogP contribution in [-0.2, 0) is 4.74 Å². The zero-order valence-electron chi connectivity index (χ0n) is 19.1. The van der Waals surface area contributed by atoms with E-state index >= 15 is 0 Å². The van der Waals surface area contributed by atoms with Gasteiger partial charge in [-0.05, 0) is 51.0 Å². The number of hydrogen-bond donors (Lipinski definition) is 5. The Balaban J connectivity index is 1.79. The van der Waals surface area contributed by atoms with E-state index < -0.39 is 35.5 Å². The van der Waals surface area contributed by atoms with Gasteiger partial charge in [-0.25, -0.2) is 4.39 Å². The second-order valence-electron chi connectivity index (χ2n) is 9.22. The van der Waals surface area contributed by atoms with Gasteiger partial charge in [-0.1, -0.05) is 12.1 Å². The summed E-state index contributed by atoms with van der Waals surface area (Å²) in [6.07, 6.45) is -3.97. The van der Waals surface area contributed by atoms with Crippen LogP contribution in [0.3, 0.4) is 0 Å². The molecule has 0 aliphatic carbocycles. The number of anilines is 2. The van der Waals surface area contributed by atoms with Crippen molar-refractivity contribution in [3.8, 4) is 0 Å². The first-order valence-corrected chi connectivity index (χ1v) is 10.9. The predicted molar refractivity (Wildman–Crippen MR) is 123 cm³/mol. The Hall–Kier alpha value is -2.92. The van der Waals surface area contributed by atoms with Gasteiger partial charge in [-0.2, -0.15) is 13.2 Å². The predicted octanol–water partition coefficient (Wildman–Crippen LogP) is 4.34. The molecule has 0 bridgehead atoms. The normalized spacial score (nSPS) is 20.0. The minimum absolute atomic E-state index is 0.0212. The van der Waals surface area contributed by atoms with E-state index in [1.54, 1.807) is 20.8 Å². The Kier molecular flexibility index (Phi) is 7.67. The maximum Gasteiger partial charge on any atom is 0.407 e. The van der Waals surface area contributed by atoms with Crippen LogP contribution >= 0.6 is 0 Å². The number of H-pyrrole nitrogens is 1. The lowest BCUT2D eigenvalue weighted by molar-refractivity contribution is -0.161. The van der Waals surface area contributed by atoms with Crippen LogP contribution in [0.1, 0.15) is 44.4 Å². The van der Waals surface area contributed by atoms with Gasteiger partial charge in [0.05, 0.1) is 18.3 Å². The van der Waals surface area contributed by atoms with Gasteiger partial charge in [0.1, 0.15) is 23.6 Å². The van der Waals surface area contributed by atoms with E-state index in [2.05, 4.69) is 20.9 Å². The fourth-order valence-electron chi connectivity index (χ4n) is 3.67. The highest BCUT2D eigenvalue weighted by Crippen LogP contribution is 2.34. The summed E-state index contributed by atoms with van der Waals surface area (Å²) >= 11 is 0. The number of amidine groups is 1. The minimum Gasteiger partial charge on any atom is -0.378 e. The quantitative estimate of drug-likeness (QED) is 0.239. The Morgan fingerprint density at radius 2 is 1.85 bits per heavy atom. The number of aromatic amines is 1. The average molecular weight is 484 g/mol. The van der Waals surface area contributed by atoms with Crippen molar-refractivity contribution in [1.82, 2.24) is 10.3 Å². The standard InChI is InChI=1S/C23H29F4N5O2/c1-22(2,3)32-19(23(25,26)27)13-4-6-14(7-5-13)30-20(28)18-17(8-10-29-21(18)33)31-16-9-11-34-12-15(16)24/h4-8,10,15-16,19,32H,9,11-12H2,1-3H3,(H2,28,30)(H2,29,31,33). The highest BCUT2D eigenvalue weighted by atomic mass is 19.4. The SMILES string of the molecule is CC(C)(C)NC(c1ccc(NC(=N)c2c(NC3CCOCC3F)cc[nH]c2=O)cc1)C(F)(F)F. The number of aromatic nitrogens is 1. The number of benzene rings is 1. The number of alkyl halides is 4. The largest absolute Gasteiger partial charge is 0.407 e. The van der Waals surface area contributed by atoms with E-state index in [9.17, 15) is 22.4 Å². The molecule has 7 nitrogen and oxygen atoms in total. The van der Waals surface area contributed by atoms with Gasteiger partial charge in [-0.15, -0.1) is 0 Å². The number of hydrogen-bond acceptors (Lipinski definition) is 5. The van der Waals surface area contributed by atoms with Gasteiger partial charge in [0.2, 0.25) is 0 Å². The summed E-state index contributed by atoms with van der Waals surface area (Å²) in [6, 6.07) is 4.55. The molecule has 5 N–H and O–H groups in total. The van der Waals surface area contributed by atoms with Crippen LogP contribution in [0, 0.1) is 5.41 Å². The fourth-order valence-corrected chi connectivity index (χ4v) is 3.67. The summed E-state index contributed by atoms with van der Waals surface area (Å²) in [5, 5.41) is 16.7. The molecule has 1 aliphatic rings. The summed E-state index contributed by atoms with van der Waals surface area (Å²) < 4.78 is 60.0. The van der Waals surface area contributed by atoms with E-state index in [0.29, 0.717) is 18.7 Å². The van der Waals surface area contributed by atoms with E-state index in [0.717, 1.165) is 0 Å². The van der Waals surface area contributed by atoms with Crippen molar-refractivity contribution in [2.75, 3.05) is 23.8 Å². The first kappa shape index (κ1) is 25.7. The van der Waals surface area contributed by atoms with Gasteiger partial charge in [-0.3, -0.25) is 15.5 Å². The summed E-state index contributed by atoms with van der Waals surface area (Å²) in [5.74, 6) is -0.278. The second-order valence-corrected chi connectivity index (χ2v) is 9.22. The Bertz CT molecular complexity index is 1050. The number of nitrogens with one attached hydrogen (secondary N) is 5. The molecule has 186 valence electrons. The molecule has 0 radical (unpaired) electrons. The van der Waals surface area contributed by atoms with Crippen LogP contribution in [-0.4, -0.2) is 48.0 Å². The average Bonchev–Trinajstić information content (AvgIpc) is 2.73. The third-order valence-corrected chi connectivity index (χ3v) is 5.26. The van der Waals surface area contributed by atoms with E-state index in [4.69, 9.17) is 10.1 Å². The van der Waals surface area contributed by atoms with E-state index in [1.165, 1.54) is 36.5 Å². The monoisotopic (exact) mass is 483 g/mol. The fraction of sp³-hybridized carbons (Fsp3) is 0.478. The molecule has 3 rings (SSSR count). The van der Waals surface area contributed by atoms with Crippen molar-refractivity contribution >= 4 is 17.2 Å². The Labute approximate surface area is 194 Å².